The van der Waals surface area contributed by atoms with Crippen molar-refractivity contribution in [1.82, 2.24) is 0 Å². The quantitative estimate of drug-likeness (QED) is 0.659. The standard InChI is InChI=1S/C17H12N2/c18-11-16-8-7-15(10-17(16)19)14-6-5-12-3-1-2-4-13(12)9-14/h1-10H,19H2. The summed E-state index contributed by atoms with van der Waals surface area (Å²) >= 11 is 0. The van der Waals surface area contributed by atoms with Crippen molar-refractivity contribution in [3.63, 3.8) is 0 Å². The van der Waals surface area contributed by atoms with Gasteiger partial charge in [0.05, 0.1) is 11.3 Å². The summed E-state index contributed by atoms with van der Waals surface area (Å²) in [6.45, 7) is 0. The molecule has 0 aliphatic heterocycles. The van der Waals surface area contributed by atoms with E-state index in [1.165, 1.54) is 10.8 Å². The number of benzene rings is 3. The number of fused-ring (bicyclic) bond motifs is 1. The largest absolute Gasteiger partial charge is 0.398 e. The smallest absolute Gasteiger partial charge is 0.101 e. The SMILES string of the molecule is N#Cc1ccc(-c2ccc3ccccc3c2)cc1N. The Hall–Kier alpha value is -2.79. The van der Waals surface area contributed by atoms with E-state index in [9.17, 15) is 0 Å². The van der Waals surface area contributed by atoms with Crippen LogP contribution in [0.1, 0.15) is 5.56 Å². The number of nitrogens with zero attached hydrogens (tertiary/aromatic N) is 1. The zero-order chi connectivity index (χ0) is 13.2. The Balaban J connectivity index is 2.14. The van der Waals surface area contributed by atoms with Crippen molar-refractivity contribution in [1.29, 1.82) is 5.26 Å². The van der Waals surface area contributed by atoms with E-state index in [1.54, 1.807) is 6.07 Å². The Labute approximate surface area is 111 Å². The summed E-state index contributed by atoms with van der Waals surface area (Å²) in [6.07, 6.45) is 0. The average molecular weight is 244 g/mol. The molecule has 0 aliphatic carbocycles. The van der Waals surface area contributed by atoms with Crippen molar-refractivity contribution in [2.24, 2.45) is 0 Å². The van der Waals surface area contributed by atoms with E-state index in [0.29, 0.717) is 11.3 Å². The number of rotatable bonds is 1. The number of hydrogen-bond donors (Lipinski definition) is 1. The number of nitriles is 1. The fraction of sp³-hybridized carbons (Fsp3) is 0. The lowest BCUT2D eigenvalue weighted by Crippen LogP contribution is -1.90. The van der Waals surface area contributed by atoms with Crippen LogP contribution in [0.5, 0.6) is 0 Å². The third-order valence-corrected chi connectivity index (χ3v) is 3.25. The maximum absolute atomic E-state index is 8.89. The number of anilines is 1. The summed E-state index contributed by atoms with van der Waals surface area (Å²) < 4.78 is 0. The highest BCUT2D eigenvalue weighted by Gasteiger charge is 2.03. The maximum atomic E-state index is 8.89. The lowest BCUT2D eigenvalue weighted by molar-refractivity contribution is 1.48. The highest BCUT2D eigenvalue weighted by atomic mass is 14.6. The minimum absolute atomic E-state index is 0.518. The molecule has 0 radical (unpaired) electrons. The molecule has 0 aliphatic rings. The average Bonchev–Trinajstić information content (AvgIpc) is 2.46. The van der Waals surface area contributed by atoms with Crippen molar-refractivity contribution in [2.45, 2.75) is 0 Å². The topological polar surface area (TPSA) is 49.8 Å². The van der Waals surface area contributed by atoms with Gasteiger partial charge in [0.15, 0.2) is 0 Å². The lowest BCUT2D eigenvalue weighted by atomic mass is 9.99. The monoisotopic (exact) mass is 244 g/mol. The Morgan fingerprint density at radius 3 is 2.21 bits per heavy atom. The Kier molecular flexibility index (Phi) is 2.66. The summed E-state index contributed by atoms with van der Waals surface area (Å²) in [4.78, 5) is 0. The second-order valence-electron chi connectivity index (χ2n) is 4.48. The van der Waals surface area contributed by atoms with Crippen molar-refractivity contribution in [3.8, 4) is 17.2 Å². The molecule has 2 nitrogen and oxygen atoms in total. The molecule has 0 fully saturated rings. The van der Waals surface area contributed by atoms with Crippen LogP contribution >= 0.6 is 0 Å². The second kappa shape index (κ2) is 4.47. The molecule has 3 aromatic carbocycles. The van der Waals surface area contributed by atoms with Gasteiger partial charge >= 0.3 is 0 Å². The molecule has 0 bridgehead atoms. The van der Waals surface area contributed by atoms with Gasteiger partial charge in [0.2, 0.25) is 0 Å². The van der Waals surface area contributed by atoms with Gasteiger partial charge in [0.25, 0.3) is 0 Å². The lowest BCUT2D eigenvalue weighted by Gasteiger charge is -2.06. The van der Waals surface area contributed by atoms with Crippen LogP contribution in [0.4, 0.5) is 5.69 Å². The van der Waals surface area contributed by atoms with Crippen molar-refractivity contribution in [2.75, 3.05) is 5.73 Å². The predicted octanol–water partition coefficient (Wildman–Crippen LogP) is 3.96. The van der Waals surface area contributed by atoms with E-state index in [-0.39, 0.29) is 0 Å². The van der Waals surface area contributed by atoms with Gasteiger partial charge in [0, 0.05) is 0 Å². The first kappa shape index (κ1) is 11.3. The van der Waals surface area contributed by atoms with Crippen molar-refractivity contribution in [3.05, 3.63) is 66.2 Å². The molecule has 19 heavy (non-hydrogen) atoms. The number of hydrogen-bond acceptors (Lipinski definition) is 2. The molecule has 0 saturated carbocycles. The third-order valence-electron chi connectivity index (χ3n) is 3.25. The first-order valence-electron chi connectivity index (χ1n) is 6.07. The summed E-state index contributed by atoms with van der Waals surface area (Å²) in [6, 6.07) is 22.2. The molecule has 3 aromatic rings. The molecule has 0 atom stereocenters. The summed E-state index contributed by atoms with van der Waals surface area (Å²) in [7, 11) is 0. The molecule has 2 N–H and O–H groups in total. The molecule has 0 heterocycles. The Bertz CT molecular complexity index is 798. The Morgan fingerprint density at radius 2 is 1.47 bits per heavy atom. The summed E-state index contributed by atoms with van der Waals surface area (Å²) in [5, 5.41) is 11.3. The van der Waals surface area contributed by atoms with Crippen LogP contribution in [-0.2, 0) is 0 Å². The van der Waals surface area contributed by atoms with E-state index in [0.717, 1.165) is 11.1 Å². The van der Waals surface area contributed by atoms with Crippen LogP contribution < -0.4 is 5.73 Å². The number of nitrogens with two attached hydrogens (primary N) is 1. The zero-order valence-corrected chi connectivity index (χ0v) is 10.3. The van der Waals surface area contributed by atoms with Crippen LogP contribution in [0.25, 0.3) is 21.9 Å². The fourth-order valence-corrected chi connectivity index (χ4v) is 2.21. The molecule has 0 amide bonds. The molecule has 0 spiro atoms. The molecule has 3 rings (SSSR count). The van der Waals surface area contributed by atoms with Gasteiger partial charge in [0.1, 0.15) is 6.07 Å². The highest BCUT2D eigenvalue weighted by Crippen LogP contribution is 2.26. The maximum Gasteiger partial charge on any atom is 0.101 e. The van der Waals surface area contributed by atoms with E-state index >= 15 is 0 Å². The van der Waals surface area contributed by atoms with Gasteiger partial charge in [-0.1, -0.05) is 42.5 Å². The van der Waals surface area contributed by atoms with Gasteiger partial charge < -0.3 is 5.73 Å². The molecular weight excluding hydrogens is 232 g/mol. The second-order valence-corrected chi connectivity index (χ2v) is 4.48. The molecular formula is C17H12N2. The summed E-state index contributed by atoms with van der Waals surface area (Å²) in [5.41, 5.74) is 9.04. The van der Waals surface area contributed by atoms with Gasteiger partial charge in [-0.25, -0.2) is 0 Å². The van der Waals surface area contributed by atoms with E-state index in [1.807, 2.05) is 24.3 Å². The van der Waals surface area contributed by atoms with Gasteiger partial charge in [-0.05, 0) is 40.1 Å². The Morgan fingerprint density at radius 1 is 0.789 bits per heavy atom. The minimum atomic E-state index is 0.518. The highest BCUT2D eigenvalue weighted by molar-refractivity contribution is 5.87. The number of nitrogen functional groups attached to an aromatic ring is 1. The van der Waals surface area contributed by atoms with Crippen LogP contribution in [0.15, 0.2) is 60.7 Å². The van der Waals surface area contributed by atoms with Crippen LogP contribution in [-0.4, -0.2) is 0 Å². The predicted molar refractivity (Wildman–Crippen MR) is 78.5 cm³/mol. The minimum Gasteiger partial charge on any atom is -0.398 e. The van der Waals surface area contributed by atoms with Crippen molar-refractivity contribution >= 4 is 16.5 Å². The fourth-order valence-electron chi connectivity index (χ4n) is 2.21. The van der Waals surface area contributed by atoms with E-state index in [4.69, 9.17) is 11.0 Å². The normalized spacial score (nSPS) is 10.3. The molecule has 90 valence electrons. The van der Waals surface area contributed by atoms with E-state index in [2.05, 4.69) is 36.4 Å². The first-order chi connectivity index (χ1) is 9.28. The van der Waals surface area contributed by atoms with Crippen LogP contribution in [0.2, 0.25) is 0 Å². The molecule has 2 heteroatoms. The van der Waals surface area contributed by atoms with Crippen LogP contribution in [0, 0.1) is 11.3 Å². The summed E-state index contributed by atoms with van der Waals surface area (Å²) in [5.74, 6) is 0. The molecule has 0 unspecified atom stereocenters. The molecule has 0 aromatic heterocycles. The third kappa shape index (κ3) is 2.02. The van der Waals surface area contributed by atoms with Crippen molar-refractivity contribution < 1.29 is 0 Å². The van der Waals surface area contributed by atoms with Gasteiger partial charge in [-0.2, -0.15) is 5.26 Å². The first-order valence-corrected chi connectivity index (χ1v) is 6.07. The van der Waals surface area contributed by atoms with Crippen LogP contribution in [0.3, 0.4) is 0 Å². The molecule has 0 saturated heterocycles. The van der Waals surface area contributed by atoms with E-state index < -0.39 is 0 Å². The van der Waals surface area contributed by atoms with Gasteiger partial charge in [-0.3, -0.25) is 0 Å². The van der Waals surface area contributed by atoms with Gasteiger partial charge in [-0.15, -0.1) is 0 Å². The zero-order valence-electron chi connectivity index (χ0n) is 10.3.